The van der Waals surface area contributed by atoms with Crippen LogP contribution < -0.4 is 4.90 Å². The molecule has 4 nitrogen and oxygen atoms in total. The van der Waals surface area contributed by atoms with Gasteiger partial charge in [0.15, 0.2) is 0 Å². The van der Waals surface area contributed by atoms with Crippen LogP contribution in [0.15, 0.2) is 77.3 Å². The van der Waals surface area contributed by atoms with Gasteiger partial charge >= 0.3 is 0 Å². The second-order valence-electron chi connectivity index (χ2n) is 7.89. The molecule has 1 aliphatic rings. The lowest BCUT2D eigenvalue weighted by atomic mass is 10.1. The summed E-state index contributed by atoms with van der Waals surface area (Å²) in [6.45, 7) is 3.50. The standard InChI is InChI=1S/C25H22BrN3O/c1-17-7-6-8-18(13-17)15-29-23-12-5-3-10-21(23)27-25(29)19-14-24(30)28(16-19)22-11-4-2-9-20(22)26/h2-13,19H,14-16H2,1H3. The summed E-state index contributed by atoms with van der Waals surface area (Å²) in [6, 6.07) is 24.7. The third-order valence-electron chi connectivity index (χ3n) is 5.74. The molecule has 0 bridgehead atoms. The van der Waals surface area contributed by atoms with Crippen LogP contribution in [0.5, 0.6) is 0 Å². The van der Waals surface area contributed by atoms with E-state index in [0.717, 1.165) is 33.6 Å². The van der Waals surface area contributed by atoms with E-state index in [9.17, 15) is 4.79 Å². The van der Waals surface area contributed by atoms with Crippen molar-refractivity contribution >= 4 is 38.6 Å². The molecular weight excluding hydrogens is 438 g/mol. The van der Waals surface area contributed by atoms with Gasteiger partial charge in [0.1, 0.15) is 5.82 Å². The molecule has 0 aliphatic carbocycles. The number of amides is 1. The van der Waals surface area contributed by atoms with Gasteiger partial charge in [0.2, 0.25) is 5.91 Å². The van der Waals surface area contributed by atoms with Crippen molar-refractivity contribution in [3.8, 4) is 0 Å². The van der Waals surface area contributed by atoms with Gasteiger partial charge in [-0.2, -0.15) is 0 Å². The Kier molecular flexibility index (Phi) is 4.91. The first-order valence-corrected chi connectivity index (χ1v) is 10.9. The molecule has 3 aromatic carbocycles. The maximum Gasteiger partial charge on any atom is 0.227 e. The lowest BCUT2D eigenvalue weighted by Crippen LogP contribution is -2.25. The Morgan fingerprint density at radius 2 is 1.83 bits per heavy atom. The Morgan fingerprint density at radius 1 is 1.03 bits per heavy atom. The molecule has 4 aromatic rings. The van der Waals surface area contributed by atoms with E-state index in [0.29, 0.717) is 13.0 Å². The Hall–Kier alpha value is -2.92. The Morgan fingerprint density at radius 3 is 2.67 bits per heavy atom. The van der Waals surface area contributed by atoms with Crippen molar-refractivity contribution in [2.24, 2.45) is 0 Å². The molecule has 150 valence electrons. The average Bonchev–Trinajstić information content (AvgIpc) is 3.29. The number of aromatic nitrogens is 2. The second kappa shape index (κ2) is 7.73. The molecule has 2 heterocycles. The minimum Gasteiger partial charge on any atom is -0.323 e. The molecule has 1 unspecified atom stereocenters. The monoisotopic (exact) mass is 459 g/mol. The number of hydrogen-bond donors (Lipinski definition) is 0. The molecule has 0 N–H and O–H groups in total. The van der Waals surface area contributed by atoms with Gasteiger partial charge in [0, 0.05) is 29.9 Å². The van der Waals surface area contributed by atoms with E-state index in [1.165, 1.54) is 11.1 Å². The quantitative estimate of drug-likeness (QED) is 0.393. The summed E-state index contributed by atoms with van der Waals surface area (Å²) < 4.78 is 3.22. The molecule has 0 saturated carbocycles. The van der Waals surface area contributed by atoms with E-state index < -0.39 is 0 Å². The number of anilines is 1. The molecule has 1 saturated heterocycles. The smallest absolute Gasteiger partial charge is 0.227 e. The van der Waals surface area contributed by atoms with Crippen molar-refractivity contribution < 1.29 is 4.79 Å². The number of aryl methyl sites for hydroxylation is 1. The Balaban J connectivity index is 1.54. The molecule has 0 spiro atoms. The summed E-state index contributed by atoms with van der Waals surface area (Å²) >= 11 is 3.59. The van der Waals surface area contributed by atoms with Crippen molar-refractivity contribution in [3.63, 3.8) is 0 Å². The van der Waals surface area contributed by atoms with Crippen molar-refractivity contribution in [2.75, 3.05) is 11.4 Å². The van der Waals surface area contributed by atoms with Crippen LogP contribution in [0.2, 0.25) is 0 Å². The Labute approximate surface area is 184 Å². The highest BCUT2D eigenvalue weighted by Crippen LogP contribution is 2.36. The lowest BCUT2D eigenvalue weighted by Gasteiger charge is -2.19. The lowest BCUT2D eigenvalue weighted by molar-refractivity contribution is -0.117. The zero-order valence-corrected chi connectivity index (χ0v) is 18.3. The fourth-order valence-corrected chi connectivity index (χ4v) is 4.85. The maximum atomic E-state index is 12.9. The van der Waals surface area contributed by atoms with Crippen LogP contribution in [0.1, 0.15) is 29.3 Å². The first-order valence-electron chi connectivity index (χ1n) is 10.2. The summed E-state index contributed by atoms with van der Waals surface area (Å²) in [5.41, 5.74) is 5.50. The first kappa shape index (κ1) is 19.1. The highest BCUT2D eigenvalue weighted by atomic mass is 79.9. The normalized spacial score (nSPS) is 16.5. The summed E-state index contributed by atoms with van der Waals surface area (Å²) in [5.74, 6) is 1.18. The van der Waals surface area contributed by atoms with Crippen molar-refractivity contribution in [2.45, 2.75) is 25.8 Å². The molecule has 5 heteroatoms. The maximum absolute atomic E-state index is 12.9. The topological polar surface area (TPSA) is 38.1 Å². The van der Waals surface area contributed by atoms with Gasteiger partial charge in [-0.3, -0.25) is 4.79 Å². The van der Waals surface area contributed by atoms with Gasteiger partial charge in [0.25, 0.3) is 0 Å². The predicted molar refractivity (Wildman–Crippen MR) is 124 cm³/mol. The number of nitrogens with zero attached hydrogens (tertiary/aromatic N) is 3. The van der Waals surface area contributed by atoms with Gasteiger partial charge in [-0.25, -0.2) is 4.98 Å². The molecule has 0 radical (unpaired) electrons. The summed E-state index contributed by atoms with van der Waals surface area (Å²) in [4.78, 5) is 19.8. The number of hydrogen-bond acceptors (Lipinski definition) is 2. The zero-order valence-electron chi connectivity index (χ0n) is 16.8. The Bertz CT molecular complexity index is 1250. The van der Waals surface area contributed by atoms with E-state index in [-0.39, 0.29) is 11.8 Å². The SMILES string of the molecule is Cc1cccc(Cn2c(C3CC(=O)N(c4ccccc4Br)C3)nc3ccccc32)c1. The van der Waals surface area contributed by atoms with Crippen molar-refractivity contribution in [1.29, 1.82) is 0 Å². The molecule has 1 fully saturated rings. The highest BCUT2D eigenvalue weighted by Gasteiger charge is 2.35. The predicted octanol–water partition coefficient (Wildman–Crippen LogP) is 5.68. The van der Waals surface area contributed by atoms with Crippen LogP contribution in [0, 0.1) is 6.92 Å². The van der Waals surface area contributed by atoms with Crippen LogP contribution in [0.4, 0.5) is 5.69 Å². The van der Waals surface area contributed by atoms with Crippen LogP contribution in [-0.2, 0) is 11.3 Å². The molecule has 1 amide bonds. The second-order valence-corrected chi connectivity index (χ2v) is 8.75. The van der Waals surface area contributed by atoms with E-state index >= 15 is 0 Å². The first-order chi connectivity index (χ1) is 14.6. The van der Waals surface area contributed by atoms with Crippen LogP contribution in [0.25, 0.3) is 11.0 Å². The third-order valence-corrected chi connectivity index (χ3v) is 6.41. The molecule has 1 aromatic heterocycles. The minimum absolute atomic E-state index is 0.0572. The van der Waals surface area contributed by atoms with Crippen LogP contribution in [-0.4, -0.2) is 22.0 Å². The van der Waals surface area contributed by atoms with E-state index in [1.807, 2.05) is 47.4 Å². The number of para-hydroxylation sites is 3. The van der Waals surface area contributed by atoms with Crippen LogP contribution >= 0.6 is 15.9 Å². The van der Waals surface area contributed by atoms with Crippen molar-refractivity contribution in [3.05, 3.63) is 94.2 Å². The molecule has 1 aliphatic heterocycles. The molecule has 1 atom stereocenters. The summed E-state index contributed by atoms with van der Waals surface area (Å²) in [5, 5.41) is 0. The van der Waals surface area contributed by atoms with E-state index in [1.54, 1.807) is 0 Å². The number of carbonyl (C=O) groups is 1. The number of imidazole rings is 1. The highest BCUT2D eigenvalue weighted by molar-refractivity contribution is 9.10. The number of fused-ring (bicyclic) bond motifs is 1. The number of halogens is 1. The van der Waals surface area contributed by atoms with E-state index in [4.69, 9.17) is 4.98 Å². The summed E-state index contributed by atoms with van der Waals surface area (Å²) in [6.07, 6.45) is 0.471. The molecular formula is C25H22BrN3O. The third kappa shape index (κ3) is 3.43. The number of carbonyl (C=O) groups excluding carboxylic acids is 1. The number of rotatable bonds is 4. The largest absolute Gasteiger partial charge is 0.323 e. The fraction of sp³-hybridized carbons (Fsp3) is 0.200. The molecule has 5 rings (SSSR count). The van der Waals surface area contributed by atoms with Gasteiger partial charge in [0.05, 0.1) is 16.7 Å². The van der Waals surface area contributed by atoms with Gasteiger partial charge in [-0.15, -0.1) is 0 Å². The molecule has 30 heavy (non-hydrogen) atoms. The average molecular weight is 460 g/mol. The van der Waals surface area contributed by atoms with Gasteiger partial charge in [-0.1, -0.05) is 54.1 Å². The van der Waals surface area contributed by atoms with E-state index in [2.05, 4.69) is 57.8 Å². The minimum atomic E-state index is 0.0572. The van der Waals surface area contributed by atoms with Crippen LogP contribution in [0.3, 0.4) is 0 Å². The van der Waals surface area contributed by atoms with Crippen molar-refractivity contribution in [1.82, 2.24) is 9.55 Å². The zero-order chi connectivity index (χ0) is 20.7. The van der Waals surface area contributed by atoms with Gasteiger partial charge in [-0.05, 0) is 52.7 Å². The van der Waals surface area contributed by atoms with Gasteiger partial charge < -0.3 is 9.47 Å². The fourth-order valence-electron chi connectivity index (χ4n) is 4.35. The summed E-state index contributed by atoms with van der Waals surface area (Å²) in [7, 11) is 0. The number of benzene rings is 3.